The molecule has 138 valence electrons. The fraction of sp³-hybridized carbons (Fsp3) is 0.550. The number of ether oxygens (including phenoxy) is 2. The van der Waals surface area contributed by atoms with Crippen molar-refractivity contribution in [3.8, 4) is 11.5 Å². The van der Waals surface area contributed by atoms with E-state index in [1.54, 1.807) is 25.3 Å². The van der Waals surface area contributed by atoms with E-state index in [-0.39, 0.29) is 24.1 Å². The van der Waals surface area contributed by atoms with Crippen LogP contribution in [-0.2, 0) is 4.79 Å². The summed E-state index contributed by atoms with van der Waals surface area (Å²) in [5.41, 5.74) is 0.809. The Kier molecular flexibility index (Phi) is 6.77. The standard InChI is InChI=1S/C20H28ClNO3/c1-13(2)25-20-17(21)11-16(12-18(20)24-5)9-10-19(23)22-14(3)7-6-8-15(22)4/h9-15H,6-8H2,1-5H3/b10-9+. The molecule has 0 spiro atoms. The first-order chi connectivity index (χ1) is 11.8. The van der Waals surface area contributed by atoms with Crippen LogP contribution in [0.5, 0.6) is 11.5 Å². The van der Waals surface area contributed by atoms with Gasteiger partial charge < -0.3 is 14.4 Å². The lowest BCUT2D eigenvalue weighted by Gasteiger charge is -2.38. The summed E-state index contributed by atoms with van der Waals surface area (Å²) >= 11 is 6.33. The Hall–Kier alpha value is -1.68. The van der Waals surface area contributed by atoms with E-state index in [0.717, 1.165) is 18.4 Å². The average Bonchev–Trinajstić information content (AvgIpc) is 2.54. The number of benzene rings is 1. The lowest BCUT2D eigenvalue weighted by atomic mass is 9.97. The van der Waals surface area contributed by atoms with Crippen LogP contribution in [0.25, 0.3) is 6.08 Å². The molecule has 1 fully saturated rings. The summed E-state index contributed by atoms with van der Waals surface area (Å²) in [6.45, 7) is 8.09. The highest BCUT2D eigenvalue weighted by molar-refractivity contribution is 6.32. The van der Waals surface area contributed by atoms with Crippen LogP contribution in [0.15, 0.2) is 18.2 Å². The first-order valence-electron chi connectivity index (χ1n) is 8.88. The first-order valence-corrected chi connectivity index (χ1v) is 9.25. The number of hydrogen-bond donors (Lipinski definition) is 0. The Morgan fingerprint density at radius 2 is 1.92 bits per heavy atom. The van der Waals surface area contributed by atoms with E-state index in [1.807, 2.05) is 24.8 Å². The molecular formula is C20H28ClNO3. The molecule has 1 heterocycles. The van der Waals surface area contributed by atoms with Crippen molar-refractivity contribution in [2.75, 3.05) is 7.11 Å². The normalized spacial score (nSPS) is 21.0. The first kappa shape index (κ1) is 19.6. The van der Waals surface area contributed by atoms with Gasteiger partial charge in [-0.2, -0.15) is 0 Å². The number of carbonyl (C=O) groups excluding carboxylic acids is 1. The van der Waals surface area contributed by atoms with Crippen molar-refractivity contribution >= 4 is 23.6 Å². The maximum absolute atomic E-state index is 12.6. The number of piperidine rings is 1. The molecule has 0 aromatic heterocycles. The molecule has 0 N–H and O–H groups in total. The van der Waals surface area contributed by atoms with Crippen LogP contribution in [0, 0.1) is 0 Å². The topological polar surface area (TPSA) is 38.8 Å². The number of nitrogens with zero attached hydrogens (tertiary/aromatic N) is 1. The number of methoxy groups -OCH3 is 1. The van der Waals surface area contributed by atoms with E-state index in [4.69, 9.17) is 21.1 Å². The van der Waals surface area contributed by atoms with Gasteiger partial charge in [0.05, 0.1) is 18.2 Å². The Balaban J connectivity index is 2.20. The molecule has 1 aliphatic heterocycles. The molecule has 2 unspecified atom stereocenters. The molecule has 1 amide bonds. The van der Waals surface area contributed by atoms with Crippen LogP contribution < -0.4 is 9.47 Å². The number of likely N-dealkylation sites (tertiary alicyclic amines) is 1. The highest BCUT2D eigenvalue weighted by Gasteiger charge is 2.27. The fourth-order valence-corrected chi connectivity index (χ4v) is 3.56. The van der Waals surface area contributed by atoms with E-state index in [0.29, 0.717) is 16.5 Å². The molecular weight excluding hydrogens is 338 g/mol. The summed E-state index contributed by atoms with van der Waals surface area (Å²) in [5.74, 6) is 1.13. The second-order valence-electron chi connectivity index (χ2n) is 6.91. The number of rotatable bonds is 5. The molecule has 1 saturated heterocycles. The largest absolute Gasteiger partial charge is 0.493 e. The Morgan fingerprint density at radius 1 is 1.28 bits per heavy atom. The van der Waals surface area contributed by atoms with Crippen LogP contribution in [0.1, 0.15) is 52.5 Å². The van der Waals surface area contributed by atoms with E-state index >= 15 is 0 Å². The number of amides is 1. The highest BCUT2D eigenvalue weighted by atomic mass is 35.5. The summed E-state index contributed by atoms with van der Waals surface area (Å²) in [7, 11) is 1.58. The molecule has 2 atom stereocenters. The van der Waals surface area contributed by atoms with E-state index in [9.17, 15) is 4.79 Å². The van der Waals surface area contributed by atoms with Crippen molar-refractivity contribution in [3.05, 3.63) is 28.8 Å². The van der Waals surface area contributed by atoms with E-state index < -0.39 is 0 Å². The van der Waals surface area contributed by atoms with Crippen LogP contribution >= 0.6 is 11.6 Å². The van der Waals surface area contributed by atoms with Crippen molar-refractivity contribution < 1.29 is 14.3 Å². The van der Waals surface area contributed by atoms with Gasteiger partial charge in [-0.1, -0.05) is 11.6 Å². The predicted octanol–water partition coefficient (Wildman–Crippen LogP) is 4.94. The van der Waals surface area contributed by atoms with Gasteiger partial charge in [-0.15, -0.1) is 0 Å². The zero-order valence-corrected chi connectivity index (χ0v) is 16.5. The molecule has 1 aromatic rings. The van der Waals surface area contributed by atoms with Gasteiger partial charge in [0, 0.05) is 18.2 Å². The maximum atomic E-state index is 12.6. The van der Waals surface area contributed by atoms with Crippen molar-refractivity contribution in [2.24, 2.45) is 0 Å². The SMILES string of the molecule is COc1cc(/C=C/C(=O)N2C(C)CCCC2C)cc(Cl)c1OC(C)C. The van der Waals surface area contributed by atoms with Crippen molar-refractivity contribution in [3.63, 3.8) is 0 Å². The third kappa shape index (κ3) is 4.91. The van der Waals surface area contributed by atoms with Crippen molar-refractivity contribution in [1.29, 1.82) is 0 Å². The third-order valence-corrected chi connectivity index (χ3v) is 4.75. The molecule has 5 heteroatoms. The quantitative estimate of drug-likeness (QED) is 0.694. The summed E-state index contributed by atoms with van der Waals surface area (Å²) in [4.78, 5) is 14.6. The minimum absolute atomic E-state index is 0.00329. The summed E-state index contributed by atoms with van der Waals surface area (Å²) in [6.07, 6.45) is 6.70. The molecule has 1 aromatic carbocycles. The average molecular weight is 366 g/mol. The van der Waals surface area contributed by atoms with Gasteiger partial charge in [-0.25, -0.2) is 0 Å². The Morgan fingerprint density at radius 3 is 2.48 bits per heavy atom. The number of carbonyl (C=O) groups is 1. The monoisotopic (exact) mass is 365 g/mol. The molecule has 2 rings (SSSR count). The van der Waals surface area contributed by atoms with Gasteiger partial charge in [-0.3, -0.25) is 4.79 Å². The minimum atomic E-state index is -0.00329. The maximum Gasteiger partial charge on any atom is 0.247 e. The van der Waals surface area contributed by atoms with Crippen LogP contribution in [0.4, 0.5) is 0 Å². The molecule has 0 aliphatic carbocycles. The zero-order valence-electron chi connectivity index (χ0n) is 15.7. The van der Waals surface area contributed by atoms with Crippen molar-refractivity contribution in [1.82, 2.24) is 4.90 Å². The highest BCUT2D eigenvalue weighted by Crippen LogP contribution is 2.37. The van der Waals surface area contributed by atoms with Gasteiger partial charge >= 0.3 is 0 Å². The van der Waals surface area contributed by atoms with Crippen LogP contribution in [0.3, 0.4) is 0 Å². The predicted molar refractivity (Wildman–Crippen MR) is 102 cm³/mol. The van der Waals surface area contributed by atoms with Crippen molar-refractivity contribution in [2.45, 2.75) is 65.1 Å². The van der Waals surface area contributed by atoms with Gasteiger partial charge in [0.1, 0.15) is 0 Å². The van der Waals surface area contributed by atoms with Gasteiger partial charge in [-0.05, 0) is 70.7 Å². The molecule has 0 radical (unpaired) electrons. The Bertz CT molecular complexity index is 632. The number of halogens is 1. The number of hydrogen-bond acceptors (Lipinski definition) is 3. The molecule has 0 bridgehead atoms. The zero-order chi connectivity index (χ0) is 18.6. The lowest BCUT2D eigenvalue weighted by Crippen LogP contribution is -2.46. The van der Waals surface area contributed by atoms with Crippen LogP contribution in [-0.4, -0.2) is 36.1 Å². The summed E-state index contributed by atoms with van der Waals surface area (Å²) in [6, 6.07) is 4.17. The summed E-state index contributed by atoms with van der Waals surface area (Å²) < 4.78 is 11.1. The second kappa shape index (κ2) is 8.61. The van der Waals surface area contributed by atoms with E-state index in [2.05, 4.69) is 13.8 Å². The van der Waals surface area contributed by atoms with Crippen LogP contribution in [0.2, 0.25) is 5.02 Å². The Labute approximate surface area is 155 Å². The minimum Gasteiger partial charge on any atom is -0.493 e. The third-order valence-electron chi connectivity index (χ3n) is 4.47. The smallest absolute Gasteiger partial charge is 0.247 e. The van der Waals surface area contributed by atoms with E-state index in [1.165, 1.54) is 6.42 Å². The van der Waals surface area contributed by atoms with Gasteiger partial charge in [0.15, 0.2) is 11.5 Å². The molecule has 25 heavy (non-hydrogen) atoms. The summed E-state index contributed by atoms with van der Waals surface area (Å²) in [5, 5.41) is 0.472. The molecule has 1 aliphatic rings. The fourth-order valence-electron chi connectivity index (χ4n) is 3.30. The lowest BCUT2D eigenvalue weighted by molar-refractivity contribution is -0.131. The molecule has 0 saturated carbocycles. The van der Waals surface area contributed by atoms with Gasteiger partial charge in [0.25, 0.3) is 0 Å². The second-order valence-corrected chi connectivity index (χ2v) is 7.32. The van der Waals surface area contributed by atoms with Gasteiger partial charge in [0.2, 0.25) is 5.91 Å². The molecule has 4 nitrogen and oxygen atoms in total.